The van der Waals surface area contributed by atoms with E-state index in [0.717, 1.165) is 6.42 Å². The first-order valence-corrected chi connectivity index (χ1v) is 7.06. The number of nitrogens with one attached hydrogen (secondary N) is 1. The van der Waals surface area contributed by atoms with Gasteiger partial charge in [-0.05, 0) is 24.4 Å². The number of nitrogens with two attached hydrogens (primary N) is 1. The minimum absolute atomic E-state index is 0.0255. The molecule has 1 amide bonds. The summed E-state index contributed by atoms with van der Waals surface area (Å²) in [5, 5.41) is 5.18. The molecule has 1 unspecified atom stereocenters. The molecule has 0 aliphatic rings. The lowest BCUT2D eigenvalue weighted by atomic mass is 10.1. The summed E-state index contributed by atoms with van der Waals surface area (Å²) in [4.78, 5) is 17.1. The highest BCUT2D eigenvalue weighted by Crippen LogP contribution is 2.16. The Kier molecular flexibility index (Phi) is 4.39. The summed E-state index contributed by atoms with van der Waals surface area (Å²) in [6.07, 6.45) is 2.18. The molecule has 0 spiro atoms. The number of nitrogen functional groups attached to an aromatic ring is 1. The van der Waals surface area contributed by atoms with Crippen LogP contribution in [0.25, 0.3) is 0 Å². The minimum Gasteiger partial charge on any atom is -0.397 e. The van der Waals surface area contributed by atoms with Crippen LogP contribution in [-0.2, 0) is 6.42 Å². The Bertz CT molecular complexity index is 571. The number of hydrogen-bond acceptors (Lipinski definition) is 4. The van der Waals surface area contributed by atoms with Gasteiger partial charge in [0, 0.05) is 17.3 Å². The molecule has 0 aromatic carbocycles. The Morgan fingerprint density at radius 2 is 2.42 bits per heavy atom. The number of amides is 1. The van der Waals surface area contributed by atoms with Crippen LogP contribution in [0, 0.1) is 0 Å². The zero-order valence-electron chi connectivity index (χ0n) is 10.4. The van der Waals surface area contributed by atoms with Gasteiger partial charge in [0.25, 0.3) is 5.91 Å². The Morgan fingerprint density at radius 3 is 3.11 bits per heavy atom. The Labute approximate surface area is 120 Å². The molecule has 100 valence electrons. The Hall–Kier alpha value is -1.59. The molecule has 0 saturated heterocycles. The van der Waals surface area contributed by atoms with E-state index < -0.39 is 0 Å². The van der Waals surface area contributed by atoms with Crippen molar-refractivity contribution >= 4 is 34.5 Å². The normalized spacial score (nSPS) is 12.1. The molecule has 3 N–H and O–H groups in total. The third-order valence-electron chi connectivity index (χ3n) is 2.61. The molecule has 0 aliphatic heterocycles. The number of carbonyl (C=O) groups excluding carboxylic acids is 1. The average Bonchev–Trinajstić information content (AvgIpc) is 2.84. The largest absolute Gasteiger partial charge is 0.397 e. The van der Waals surface area contributed by atoms with Gasteiger partial charge in [-0.2, -0.15) is 0 Å². The van der Waals surface area contributed by atoms with E-state index in [2.05, 4.69) is 10.3 Å². The van der Waals surface area contributed by atoms with E-state index in [9.17, 15) is 4.79 Å². The van der Waals surface area contributed by atoms with Crippen molar-refractivity contribution in [2.24, 2.45) is 0 Å². The van der Waals surface area contributed by atoms with Crippen LogP contribution in [-0.4, -0.2) is 16.9 Å². The van der Waals surface area contributed by atoms with Crippen molar-refractivity contribution in [2.75, 3.05) is 5.73 Å². The maximum Gasteiger partial charge on any atom is 0.253 e. The van der Waals surface area contributed by atoms with E-state index in [1.165, 1.54) is 17.1 Å². The number of rotatable bonds is 4. The first-order valence-electron chi connectivity index (χ1n) is 5.80. The summed E-state index contributed by atoms with van der Waals surface area (Å²) in [5.74, 6) is -0.231. The van der Waals surface area contributed by atoms with E-state index in [1.807, 2.05) is 24.4 Å². The zero-order valence-corrected chi connectivity index (χ0v) is 12.0. The second kappa shape index (κ2) is 6.04. The van der Waals surface area contributed by atoms with Crippen LogP contribution in [0.1, 0.15) is 22.2 Å². The first-order chi connectivity index (χ1) is 9.06. The molecule has 19 heavy (non-hydrogen) atoms. The van der Waals surface area contributed by atoms with Gasteiger partial charge in [-0.15, -0.1) is 11.3 Å². The maximum absolute atomic E-state index is 12.1. The van der Waals surface area contributed by atoms with Crippen molar-refractivity contribution in [3.8, 4) is 0 Å². The van der Waals surface area contributed by atoms with Crippen molar-refractivity contribution in [3.05, 3.63) is 45.4 Å². The van der Waals surface area contributed by atoms with Gasteiger partial charge in [0.1, 0.15) is 5.15 Å². The van der Waals surface area contributed by atoms with E-state index in [1.54, 1.807) is 11.3 Å². The summed E-state index contributed by atoms with van der Waals surface area (Å²) >= 11 is 7.44. The number of anilines is 1. The van der Waals surface area contributed by atoms with Gasteiger partial charge in [0.15, 0.2) is 0 Å². The molecule has 2 aromatic heterocycles. The third kappa shape index (κ3) is 3.68. The molecule has 0 saturated carbocycles. The van der Waals surface area contributed by atoms with Crippen LogP contribution < -0.4 is 11.1 Å². The molecule has 2 heterocycles. The quantitative estimate of drug-likeness (QED) is 0.852. The fourth-order valence-electron chi connectivity index (χ4n) is 1.72. The minimum atomic E-state index is -0.231. The van der Waals surface area contributed by atoms with Crippen LogP contribution in [0.3, 0.4) is 0 Å². The fraction of sp³-hybridized carbons (Fsp3) is 0.231. The van der Waals surface area contributed by atoms with Crippen LogP contribution in [0.15, 0.2) is 29.8 Å². The molecule has 6 heteroatoms. The van der Waals surface area contributed by atoms with Crippen LogP contribution in [0.5, 0.6) is 0 Å². The molecular formula is C13H14ClN3OS. The van der Waals surface area contributed by atoms with Crippen LogP contribution in [0.2, 0.25) is 5.15 Å². The van der Waals surface area contributed by atoms with Crippen molar-refractivity contribution in [2.45, 2.75) is 19.4 Å². The second-order valence-electron chi connectivity index (χ2n) is 4.25. The summed E-state index contributed by atoms with van der Waals surface area (Å²) in [5.41, 5.74) is 6.41. The predicted molar refractivity (Wildman–Crippen MR) is 78.6 cm³/mol. The number of hydrogen-bond donors (Lipinski definition) is 2. The van der Waals surface area contributed by atoms with Gasteiger partial charge < -0.3 is 11.1 Å². The van der Waals surface area contributed by atoms with Crippen molar-refractivity contribution in [3.63, 3.8) is 0 Å². The van der Waals surface area contributed by atoms with E-state index in [4.69, 9.17) is 17.3 Å². The lowest BCUT2D eigenvalue weighted by molar-refractivity contribution is 0.0941. The van der Waals surface area contributed by atoms with E-state index in [0.29, 0.717) is 11.3 Å². The summed E-state index contributed by atoms with van der Waals surface area (Å²) in [7, 11) is 0. The Morgan fingerprint density at radius 1 is 1.63 bits per heavy atom. The van der Waals surface area contributed by atoms with Gasteiger partial charge in [-0.3, -0.25) is 4.79 Å². The summed E-state index contributed by atoms with van der Waals surface area (Å²) < 4.78 is 0. The van der Waals surface area contributed by atoms with Gasteiger partial charge in [0.05, 0.1) is 17.4 Å². The molecule has 2 rings (SSSR count). The molecule has 0 radical (unpaired) electrons. The van der Waals surface area contributed by atoms with Crippen molar-refractivity contribution in [1.29, 1.82) is 0 Å². The van der Waals surface area contributed by atoms with Crippen LogP contribution in [0.4, 0.5) is 5.69 Å². The van der Waals surface area contributed by atoms with Gasteiger partial charge in [-0.1, -0.05) is 17.7 Å². The number of thiophene rings is 1. The Balaban J connectivity index is 2.02. The fourth-order valence-corrected chi connectivity index (χ4v) is 2.71. The van der Waals surface area contributed by atoms with E-state index >= 15 is 0 Å². The topological polar surface area (TPSA) is 68.0 Å². The van der Waals surface area contributed by atoms with E-state index in [-0.39, 0.29) is 17.1 Å². The number of carbonyl (C=O) groups is 1. The SMILES string of the molecule is CC(Cc1cccs1)NC(=O)c1cc(Cl)ncc1N. The number of aromatic nitrogens is 1. The van der Waals surface area contributed by atoms with Gasteiger partial charge in [-0.25, -0.2) is 4.98 Å². The predicted octanol–water partition coefficient (Wildman–Crippen LogP) is 2.74. The molecule has 0 aliphatic carbocycles. The highest BCUT2D eigenvalue weighted by molar-refractivity contribution is 7.09. The van der Waals surface area contributed by atoms with Crippen LogP contribution >= 0.6 is 22.9 Å². The lowest BCUT2D eigenvalue weighted by Crippen LogP contribution is -2.34. The number of nitrogens with zero attached hydrogens (tertiary/aromatic N) is 1. The molecule has 0 fully saturated rings. The number of pyridine rings is 1. The third-order valence-corrected chi connectivity index (χ3v) is 3.72. The molecular weight excluding hydrogens is 282 g/mol. The van der Waals surface area contributed by atoms with Crippen molar-refractivity contribution < 1.29 is 4.79 Å². The molecule has 4 nitrogen and oxygen atoms in total. The smallest absolute Gasteiger partial charge is 0.253 e. The standard InChI is InChI=1S/C13H14ClN3OS/c1-8(5-9-3-2-4-19-9)17-13(18)10-6-12(14)16-7-11(10)15/h2-4,6-8H,5,15H2,1H3,(H,17,18). The molecule has 1 atom stereocenters. The molecule has 2 aromatic rings. The monoisotopic (exact) mass is 295 g/mol. The van der Waals surface area contributed by atoms with Gasteiger partial charge >= 0.3 is 0 Å². The summed E-state index contributed by atoms with van der Waals surface area (Å²) in [6.45, 7) is 1.95. The molecule has 0 bridgehead atoms. The highest BCUT2D eigenvalue weighted by Gasteiger charge is 2.14. The van der Waals surface area contributed by atoms with Crippen molar-refractivity contribution in [1.82, 2.24) is 10.3 Å². The maximum atomic E-state index is 12.1. The zero-order chi connectivity index (χ0) is 13.8. The summed E-state index contributed by atoms with van der Waals surface area (Å²) in [6, 6.07) is 5.54. The highest BCUT2D eigenvalue weighted by atomic mass is 35.5. The first kappa shape index (κ1) is 13.8. The second-order valence-corrected chi connectivity index (χ2v) is 5.67. The number of halogens is 1. The van der Waals surface area contributed by atoms with Gasteiger partial charge in [0.2, 0.25) is 0 Å². The average molecular weight is 296 g/mol. The lowest BCUT2D eigenvalue weighted by Gasteiger charge is -2.14.